The van der Waals surface area contributed by atoms with Crippen LogP contribution in [0.2, 0.25) is 0 Å². The fourth-order valence-corrected chi connectivity index (χ4v) is 3.94. The van der Waals surface area contributed by atoms with Crippen molar-refractivity contribution in [1.82, 2.24) is 14.8 Å². The van der Waals surface area contributed by atoms with E-state index in [-0.39, 0.29) is 47.8 Å². The Morgan fingerprint density at radius 3 is 2.77 bits per heavy atom. The molecule has 0 saturated heterocycles. The Labute approximate surface area is 183 Å². The van der Waals surface area contributed by atoms with Gasteiger partial charge in [0, 0.05) is 36.3 Å². The van der Waals surface area contributed by atoms with Gasteiger partial charge in [-0.2, -0.15) is 0 Å². The van der Waals surface area contributed by atoms with Crippen molar-refractivity contribution in [2.45, 2.75) is 39.3 Å². The number of aliphatic hydroxyl groups is 1. The number of amides is 1. The first-order valence-corrected chi connectivity index (χ1v) is 10.9. The number of rotatable bonds is 7. The maximum absolute atomic E-state index is 14.3. The van der Waals surface area contributed by atoms with Gasteiger partial charge >= 0.3 is 0 Å². The smallest absolute Gasteiger partial charge is 0.259 e. The number of ether oxygens (including phenoxy) is 1. The van der Waals surface area contributed by atoms with Crippen molar-refractivity contribution in [3.63, 3.8) is 0 Å². The van der Waals surface area contributed by atoms with E-state index in [4.69, 9.17) is 4.74 Å². The van der Waals surface area contributed by atoms with E-state index in [1.807, 2.05) is 20.9 Å². The zero-order chi connectivity index (χ0) is 22.5. The molecule has 31 heavy (non-hydrogen) atoms. The van der Waals surface area contributed by atoms with Gasteiger partial charge in [-0.1, -0.05) is 32.0 Å². The normalized spacial score (nSPS) is 20.1. The predicted molar refractivity (Wildman–Crippen MR) is 119 cm³/mol. The van der Waals surface area contributed by atoms with Crippen LogP contribution >= 0.6 is 0 Å². The molecule has 0 unspecified atom stereocenters. The average molecular weight is 430 g/mol. The van der Waals surface area contributed by atoms with Crippen molar-refractivity contribution < 1.29 is 19.0 Å². The molecule has 1 aliphatic heterocycles. The van der Waals surface area contributed by atoms with Gasteiger partial charge in [0.25, 0.3) is 5.91 Å². The van der Waals surface area contributed by atoms with Gasteiger partial charge in [-0.25, -0.2) is 9.37 Å². The quantitative estimate of drug-likeness (QED) is 0.730. The number of nitrogens with zero attached hydrogens (tertiary/aromatic N) is 3. The van der Waals surface area contributed by atoms with Gasteiger partial charge in [-0.15, -0.1) is 0 Å². The first-order valence-electron chi connectivity index (χ1n) is 10.9. The molecule has 1 N–H and O–H groups in total. The number of aliphatic hydroxyl groups excluding tert-OH is 1. The van der Waals surface area contributed by atoms with Crippen LogP contribution in [0.5, 0.6) is 5.88 Å². The summed E-state index contributed by atoms with van der Waals surface area (Å²) >= 11 is 0. The lowest BCUT2D eigenvalue weighted by Crippen LogP contribution is -2.50. The second-order valence-electron chi connectivity index (χ2n) is 8.44. The van der Waals surface area contributed by atoms with Crippen molar-refractivity contribution in [2.24, 2.45) is 5.92 Å². The largest absolute Gasteiger partial charge is 0.472 e. The Morgan fingerprint density at radius 2 is 2.10 bits per heavy atom. The minimum Gasteiger partial charge on any atom is -0.472 e. The van der Waals surface area contributed by atoms with Crippen molar-refractivity contribution in [1.29, 1.82) is 0 Å². The summed E-state index contributed by atoms with van der Waals surface area (Å²) in [7, 11) is 2.05. The standard InChI is InChI=1S/C24H32FN3O3/c1-5-10-27(4)14-22-16(2)13-28(17(3)15-29)24(30)20-11-18(12-26-23(20)31-22)19-8-6-7-9-21(19)25/h6-9,11-12,16-17,22,29H,5,10,13-15H2,1-4H3/t16-,17+,22-/m0/s1. The fourth-order valence-electron chi connectivity index (χ4n) is 3.94. The summed E-state index contributed by atoms with van der Waals surface area (Å²) in [5, 5.41) is 9.75. The van der Waals surface area contributed by atoms with Gasteiger partial charge in [-0.05, 0) is 39.1 Å². The lowest BCUT2D eigenvalue weighted by atomic mass is 9.99. The van der Waals surface area contributed by atoms with Gasteiger partial charge in [0.15, 0.2) is 0 Å². The van der Waals surface area contributed by atoms with Gasteiger partial charge in [0.2, 0.25) is 5.88 Å². The maximum Gasteiger partial charge on any atom is 0.259 e. The van der Waals surface area contributed by atoms with Crippen LogP contribution in [0.15, 0.2) is 36.5 Å². The van der Waals surface area contributed by atoms with Crippen LogP contribution in [0.4, 0.5) is 4.39 Å². The third-order valence-corrected chi connectivity index (χ3v) is 5.80. The summed E-state index contributed by atoms with van der Waals surface area (Å²) in [5.41, 5.74) is 1.18. The lowest BCUT2D eigenvalue weighted by Gasteiger charge is -2.37. The van der Waals surface area contributed by atoms with E-state index in [1.54, 1.807) is 35.4 Å². The first kappa shape index (κ1) is 23.2. The zero-order valence-electron chi connectivity index (χ0n) is 18.7. The molecule has 1 aromatic heterocycles. The number of likely N-dealkylation sites (N-methyl/N-ethyl adjacent to an activating group) is 1. The molecule has 0 radical (unpaired) electrons. The van der Waals surface area contributed by atoms with Gasteiger partial charge in [0.1, 0.15) is 17.5 Å². The molecule has 2 aromatic rings. The number of hydrogen-bond acceptors (Lipinski definition) is 5. The number of halogens is 1. The topological polar surface area (TPSA) is 65.9 Å². The fraction of sp³-hybridized carbons (Fsp3) is 0.500. The van der Waals surface area contributed by atoms with Gasteiger partial charge in [-0.3, -0.25) is 4.79 Å². The van der Waals surface area contributed by atoms with Crippen molar-refractivity contribution in [3.8, 4) is 17.0 Å². The number of benzene rings is 1. The minimum absolute atomic E-state index is 0.0402. The Bertz CT molecular complexity index is 907. The van der Waals surface area contributed by atoms with E-state index in [0.717, 1.165) is 13.0 Å². The summed E-state index contributed by atoms with van der Waals surface area (Å²) in [6.07, 6.45) is 2.40. The highest BCUT2D eigenvalue weighted by Crippen LogP contribution is 2.31. The Kier molecular flexibility index (Phi) is 7.62. The molecule has 3 atom stereocenters. The Hall–Kier alpha value is -2.51. The molecule has 2 heterocycles. The van der Waals surface area contributed by atoms with Gasteiger partial charge in [0.05, 0.1) is 12.6 Å². The third kappa shape index (κ3) is 5.22. The number of carbonyl (C=O) groups is 1. The number of fused-ring (bicyclic) bond motifs is 1. The van der Waals surface area contributed by atoms with Crippen LogP contribution in [0, 0.1) is 11.7 Å². The molecule has 168 valence electrons. The molecule has 0 aliphatic carbocycles. The SMILES string of the molecule is CCCN(C)C[C@@H]1Oc2ncc(-c3ccccc3F)cc2C(=O)N([C@H](C)CO)C[C@@H]1C. The summed E-state index contributed by atoms with van der Waals surface area (Å²) in [6.45, 7) is 7.94. The minimum atomic E-state index is -0.378. The molecule has 1 amide bonds. The summed E-state index contributed by atoms with van der Waals surface area (Å²) in [4.78, 5) is 21.7. The van der Waals surface area contributed by atoms with Crippen LogP contribution in [0.3, 0.4) is 0 Å². The first-order chi connectivity index (χ1) is 14.8. The van der Waals surface area contributed by atoms with Crippen molar-refractivity contribution in [2.75, 3.05) is 33.3 Å². The van der Waals surface area contributed by atoms with Crippen molar-refractivity contribution in [3.05, 3.63) is 47.9 Å². The van der Waals surface area contributed by atoms with Crippen LogP contribution in [0.25, 0.3) is 11.1 Å². The molecule has 0 spiro atoms. The number of hydrogen-bond donors (Lipinski definition) is 1. The van der Waals surface area contributed by atoms with E-state index >= 15 is 0 Å². The zero-order valence-corrected chi connectivity index (χ0v) is 18.7. The van der Waals surface area contributed by atoms with Gasteiger partial charge < -0.3 is 19.6 Å². The molecule has 6 nitrogen and oxygen atoms in total. The van der Waals surface area contributed by atoms with Crippen LogP contribution in [-0.4, -0.2) is 71.2 Å². The summed E-state index contributed by atoms with van der Waals surface area (Å²) in [6, 6.07) is 7.69. The van der Waals surface area contributed by atoms with Crippen LogP contribution in [0.1, 0.15) is 37.6 Å². The summed E-state index contributed by atoms with van der Waals surface area (Å²) < 4.78 is 20.6. The highest BCUT2D eigenvalue weighted by atomic mass is 19.1. The monoisotopic (exact) mass is 429 g/mol. The molecule has 7 heteroatoms. The van der Waals surface area contributed by atoms with E-state index in [1.165, 1.54) is 6.07 Å². The molecule has 1 aliphatic rings. The number of carbonyl (C=O) groups excluding carboxylic acids is 1. The molecule has 0 saturated carbocycles. The highest BCUT2D eigenvalue weighted by Gasteiger charge is 2.34. The molecule has 3 rings (SSSR count). The van der Waals surface area contributed by atoms with E-state index in [9.17, 15) is 14.3 Å². The Balaban J connectivity index is 2.04. The summed E-state index contributed by atoms with van der Waals surface area (Å²) in [5.74, 6) is -0.355. The van der Waals surface area contributed by atoms with Crippen LogP contribution < -0.4 is 4.74 Å². The Morgan fingerprint density at radius 1 is 1.35 bits per heavy atom. The van der Waals surface area contributed by atoms with E-state index in [0.29, 0.717) is 24.2 Å². The van der Waals surface area contributed by atoms with Crippen molar-refractivity contribution >= 4 is 5.91 Å². The molecular weight excluding hydrogens is 397 g/mol. The molecule has 0 bridgehead atoms. The highest BCUT2D eigenvalue weighted by molar-refractivity contribution is 5.98. The second kappa shape index (κ2) is 10.2. The average Bonchev–Trinajstić information content (AvgIpc) is 2.76. The van der Waals surface area contributed by atoms with E-state index < -0.39 is 0 Å². The van der Waals surface area contributed by atoms with Crippen LogP contribution in [-0.2, 0) is 0 Å². The third-order valence-electron chi connectivity index (χ3n) is 5.80. The number of aromatic nitrogens is 1. The lowest BCUT2D eigenvalue weighted by molar-refractivity contribution is 0.0331. The maximum atomic E-state index is 14.3. The van der Waals surface area contributed by atoms with E-state index in [2.05, 4.69) is 16.8 Å². The molecular formula is C24H32FN3O3. The number of pyridine rings is 1. The second-order valence-corrected chi connectivity index (χ2v) is 8.44. The molecule has 1 aromatic carbocycles. The molecule has 0 fully saturated rings. The predicted octanol–water partition coefficient (Wildman–Crippen LogP) is 3.45.